The molecule has 0 aliphatic heterocycles. The Morgan fingerprint density at radius 2 is 1.94 bits per heavy atom. The Labute approximate surface area is 102 Å². The van der Waals surface area contributed by atoms with Gasteiger partial charge in [-0.15, -0.1) is 0 Å². The van der Waals surface area contributed by atoms with E-state index in [2.05, 4.69) is 5.32 Å². The SMILES string of the molecule is CNC(=S)N(C)C(C)C(O)c1ccccc1. The fourth-order valence-electron chi connectivity index (χ4n) is 1.50. The number of aliphatic hydroxyl groups excluding tert-OH is 1. The lowest BCUT2D eigenvalue weighted by atomic mass is 10.0. The zero-order valence-corrected chi connectivity index (χ0v) is 10.7. The highest BCUT2D eigenvalue weighted by molar-refractivity contribution is 7.80. The molecule has 0 fully saturated rings. The van der Waals surface area contributed by atoms with Gasteiger partial charge in [-0.3, -0.25) is 0 Å². The maximum atomic E-state index is 10.2. The highest BCUT2D eigenvalue weighted by Gasteiger charge is 2.21. The number of rotatable bonds is 3. The highest BCUT2D eigenvalue weighted by atomic mass is 32.1. The van der Waals surface area contributed by atoms with E-state index in [4.69, 9.17) is 12.2 Å². The minimum absolute atomic E-state index is 0.0673. The molecule has 0 aromatic heterocycles. The molecule has 0 aliphatic rings. The van der Waals surface area contributed by atoms with Crippen molar-refractivity contribution in [1.82, 2.24) is 10.2 Å². The van der Waals surface area contributed by atoms with Gasteiger partial charge in [0, 0.05) is 14.1 Å². The van der Waals surface area contributed by atoms with Gasteiger partial charge in [0.1, 0.15) is 0 Å². The van der Waals surface area contributed by atoms with E-state index >= 15 is 0 Å². The third kappa shape index (κ3) is 2.93. The molecule has 2 N–H and O–H groups in total. The summed E-state index contributed by atoms with van der Waals surface area (Å²) in [5, 5.41) is 13.7. The molecule has 1 aromatic rings. The van der Waals surface area contributed by atoms with Crippen molar-refractivity contribution in [1.29, 1.82) is 0 Å². The highest BCUT2D eigenvalue weighted by Crippen LogP contribution is 2.19. The van der Waals surface area contributed by atoms with E-state index in [-0.39, 0.29) is 6.04 Å². The van der Waals surface area contributed by atoms with E-state index in [1.165, 1.54) is 0 Å². The predicted molar refractivity (Wildman–Crippen MR) is 70.3 cm³/mol. The molecule has 0 radical (unpaired) electrons. The average molecular weight is 238 g/mol. The summed E-state index contributed by atoms with van der Waals surface area (Å²) >= 11 is 5.13. The Kier molecular flexibility index (Phi) is 4.71. The van der Waals surface area contributed by atoms with E-state index in [0.29, 0.717) is 5.11 Å². The van der Waals surface area contributed by atoms with Gasteiger partial charge in [0.25, 0.3) is 0 Å². The van der Waals surface area contributed by atoms with Gasteiger partial charge >= 0.3 is 0 Å². The van der Waals surface area contributed by atoms with Crippen molar-refractivity contribution >= 4 is 17.3 Å². The summed E-state index contributed by atoms with van der Waals surface area (Å²) in [6.07, 6.45) is -0.544. The molecule has 0 saturated heterocycles. The third-order valence-electron chi connectivity index (χ3n) is 2.74. The number of nitrogens with zero attached hydrogens (tertiary/aromatic N) is 1. The number of likely N-dealkylation sites (N-methyl/N-ethyl adjacent to an activating group) is 1. The summed E-state index contributed by atoms with van der Waals surface area (Å²) in [5.74, 6) is 0. The zero-order valence-electron chi connectivity index (χ0n) is 9.84. The fraction of sp³-hybridized carbons (Fsp3) is 0.417. The average Bonchev–Trinajstić information content (AvgIpc) is 2.36. The Balaban J connectivity index is 2.74. The number of nitrogens with one attached hydrogen (secondary N) is 1. The first-order chi connectivity index (χ1) is 7.57. The van der Waals surface area contributed by atoms with Crippen LogP contribution in [0.1, 0.15) is 18.6 Å². The fourth-order valence-corrected chi connectivity index (χ4v) is 1.67. The second kappa shape index (κ2) is 5.82. The van der Waals surface area contributed by atoms with Gasteiger partial charge in [0.2, 0.25) is 0 Å². The van der Waals surface area contributed by atoms with Crippen molar-refractivity contribution in [2.75, 3.05) is 14.1 Å². The van der Waals surface area contributed by atoms with Crippen LogP contribution in [0.2, 0.25) is 0 Å². The van der Waals surface area contributed by atoms with Crippen LogP contribution in [-0.4, -0.2) is 35.3 Å². The lowest BCUT2D eigenvalue weighted by Crippen LogP contribution is -2.43. The van der Waals surface area contributed by atoms with Crippen LogP contribution < -0.4 is 5.32 Å². The molecule has 1 rings (SSSR count). The normalized spacial score (nSPS) is 14.0. The minimum atomic E-state index is -0.544. The van der Waals surface area contributed by atoms with Crippen molar-refractivity contribution in [2.45, 2.75) is 19.1 Å². The van der Waals surface area contributed by atoms with E-state index in [1.54, 1.807) is 7.05 Å². The van der Waals surface area contributed by atoms with Gasteiger partial charge in [-0.2, -0.15) is 0 Å². The summed E-state index contributed by atoms with van der Waals surface area (Å²) in [6, 6.07) is 9.53. The lowest BCUT2D eigenvalue weighted by molar-refractivity contribution is 0.103. The van der Waals surface area contributed by atoms with Crippen LogP contribution in [0.15, 0.2) is 30.3 Å². The van der Waals surface area contributed by atoms with Crippen LogP contribution in [-0.2, 0) is 0 Å². The van der Waals surface area contributed by atoms with Crippen LogP contribution in [0.3, 0.4) is 0 Å². The van der Waals surface area contributed by atoms with Crippen LogP contribution in [0.4, 0.5) is 0 Å². The Bertz CT molecular complexity index is 342. The Hall–Kier alpha value is -1.13. The summed E-state index contributed by atoms with van der Waals surface area (Å²) < 4.78 is 0. The van der Waals surface area contributed by atoms with Crippen molar-refractivity contribution in [3.63, 3.8) is 0 Å². The zero-order chi connectivity index (χ0) is 12.1. The maximum Gasteiger partial charge on any atom is 0.168 e. The molecular formula is C12H18N2OS. The molecule has 0 spiro atoms. The monoisotopic (exact) mass is 238 g/mol. The molecule has 0 bridgehead atoms. The summed E-state index contributed by atoms with van der Waals surface area (Å²) in [4.78, 5) is 1.85. The smallest absolute Gasteiger partial charge is 0.168 e. The molecule has 16 heavy (non-hydrogen) atoms. The summed E-state index contributed by atoms with van der Waals surface area (Å²) in [6.45, 7) is 1.95. The first-order valence-corrected chi connectivity index (χ1v) is 5.66. The van der Waals surface area contributed by atoms with E-state index in [1.807, 2.05) is 49.2 Å². The van der Waals surface area contributed by atoms with Gasteiger partial charge in [0.15, 0.2) is 5.11 Å². The summed E-state index contributed by atoms with van der Waals surface area (Å²) in [7, 11) is 3.65. The number of thiocarbonyl (C=S) groups is 1. The number of hydrogen-bond donors (Lipinski definition) is 2. The number of hydrogen-bond acceptors (Lipinski definition) is 2. The van der Waals surface area contributed by atoms with Gasteiger partial charge in [-0.25, -0.2) is 0 Å². The first-order valence-electron chi connectivity index (χ1n) is 5.25. The number of aliphatic hydroxyl groups is 1. The molecule has 0 aliphatic carbocycles. The predicted octanol–water partition coefficient (Wildman–Crippen LogP) is 1.54. The molecule has 2 atom stereocenters. The minimum Gasteiger partial charge on any atom is -0.386 e. The first kappa shape index (κ1) is 12.9. The van der Waals surface area contributed by atoms with E-state index in [0.717, 1.165) is 5.56 Å². The van der Waals surface area contributed by atoms with Crippen LogP contribution in [0.25, 0.3) is 0 Å². The van der Waals surface area contributed by atoms with E-state index < -0.39 is 6.10 Å². The van der Waals surface area contributed by atoms with Gasteiger partial charge < -0.3 is 15.3 Å². The molecule has 88 valence electrons. The van der Waals surface area contributed by atoms with E-state index in [9.17, 15) is 5.11 Å². The largest absolute Gasteiger partial charge is 0.386 e. The molecule has 0 heterocycles. The van der Waals surface area contributed by atoms with Gasteiger partial charge in [-0.1, -0.05) is 30.3 Å². The Morgan fingerprint density at radius 1 is 1.38 bits per heavy atom. The molecule has 4 heteroatoms. The second-order valence-corrected chi connectivity index (χ2v) is 4.15. The molecule has 2 unspecified atom stereocenters. The van der Waals surface area contributed by atoms with Crippen LogP contribution in [0, 0.1) is 0 Å². The second-order valence-electron chi connectivity index (χ2n) is 3.76. The van der Waals surface area contributed by atoms with Crippen molar-refractivity contribution in [2.24, 2.45) is 0 Å². The van der Waals surface area contributed by atoms with Gasteiger partial charge in [-0.05, 0) is 24.7 Å². The third-order valence-corrected chi connectivity index (χ3v) is 3.24. The molecule has 1 aromatic carbocycles. The molecule has 0 amide bonds. The number of benzene rings is 1. The lowest BCUT2D eigenvalue weighted by Gasteiger charge is -2.30. The Morgan fingerprint density at radius 3 is 2.44 bits per heavy atom. The summed E-state index contributed by atoms with van der Waals surface area (Å²) in [5.41, 5.74) is 0.903. The molecule has 3 nitrogen and oxygen atoms in total. The molecular weight excluding hydrogens is 220 g/mol. The standard InChI is InChI=1S/C12H18N2OS/c1-9(14(3)12(16)13-2)11(15)10-7-5-4-6-8-10/h4-9,11,15H,1-3H3,(H,13,16). The van der Waals surface area contributed by atoms with Crippen molar-refractivity contribution in [3.05, 3.63) is 35.9 Å². The molecule has 0 saturated carbocycles. The van der Waals surface area contributed by atoms with Crippen LogP contribution in [0.5, 0.6) is 0 Å². The topological polar surface area (TPSA) is 35.5 Å². The van der Waals surface area contributed by atoms with Crippen LogP contribution >= 0.6 is 12.2 Å². The van der Waals surface area contributed by atoms with Crippen molar-refractivity contribution < 1.29 is 5.11 Å². The van der Waals surface area contributed by atoms with Crippen molar-refractivity contribution in [3.8, 4) is 0 Å². The quantitative estimate of drug-likeness (QED) is 0.783. The van der Waals surface area contributed by atoms with Gasteiger partial charge in [0.05, 0.1) is 12.1 Å². The maximum absolute atomic E-state index is 10.2.